The molecule has 0 aliphatic heterocycles. The molecule has 1 amide bonds. The summed E-state index contributed by atoms with van der Waals surface area (Å²) in [5.41, 5.74) is 2.22. The van der Waals surface area contributed by atoms with Gasteiger partial charge in [-0.1, -0.05) is 0 Å². The summed E-state index contributed by atoms with van der Waals surface area (Å²) >= 11 is -2.67. The van der Waals surface area contributed by atoms with Crippen LogP contribution in [0.5, 0.6) is 0 Å². The van der Waals surface area contributed by atoms with E-state index in [0.717, 1.165) is 5.56 Å². The van der Waals surface area contributed by atoms with Gasteiger partial charge in [0.1, 0.15) is 0 Å². The Morgan fingerprint density at radius 3 is 1.70 bits per heavy atom. The van der Waals surface area contributed by atoms with Crippen LogP contribution in [0.25, 0.3) is 0 Å². The molecule has 0 bridgehead atoms. The first-order chi connectivity index (χ1) is 16.1. The fraction of sp³-hybridized carbons (Fsp3) is 0.552. The number of carbonyl (C=O) groups excluding carboxylic acids is 1. The molecule has 0 aliphatic carbocycles. The van der Waals surface area contributed by atoms with E-state index >= 15 is 0 Å². The normalized spacial score (nSPS) is 12.4. The number of benzene rings is 2. The van der Waals surface area contributed by atoms with Crippen LogP contribution in [-0.4, -0.2) is 33.4 Å². The number of amides is 1. The molecule has 0 fully saturated rings. The molecule has 1 atom stereocenters. The SMILES string of the molecule is CCC[CH2][Sn]([CH2]CCC)([CH2]CCC)[CH](C)N(Cc1ccccc1)C(=O)OCc1ccccc1. The Bertz CT molecular complexity index is 759. The van der Waals surface area contributed by atoms with E-state index in [1.807, 2.05) is 36.4 Å². The van der Waals surface area contributed by atoms with Gasteiger partial charge in [0.15, 0.2) is 0 Å². The van der Waals surface area contributed by atoms with Crippen molar-refractivity contribution in [2.45, 2.75) is 96.7 Å². The van der Waals surface area contributed by atoms with E-state index < -0.39 is 18.4 Å². The molecule has 2 aromatic rings. The average molecular weight is 558 g/mol. The molecule has 0 radical (unpaired) electrons. The number of nitrogens with zero attached hydrogens (tertiary/aromatic N) is 1. The van der Waals surface area contributed by atoms with Gasteiger partial charge in [-0.3, -0.25) is 0 Å². The second kappa shape index (κ2) is 15.4. The standard InChI is InChI=1S/C17H18NO2.3C4H9.Sn/c1-2-18(13-15-9-5-3-6-10-15)17(19)20-14-16-11-7-4-8-12-16;3*1-3-4-2;/h2-12H,13-14H2,1H3;3*1,3-4H2,2H3;. The minimum absolute atomic E-state index is 0.152. The molecule has 0 heterocycles. The number of hydrogen-bond donors (Lipinski definition) is 0. The molecule has 0 aliphatic rings. The second-order valence-corrected chi connectivity index (χ2v) is 23.9. The Labute approximate surface area is 206 Å². The van der Waals surface area contributed by atoms with E-state index in [2.05, 4.69) is 56.9 Å². The zero-order valence-electron chi connectivity index (χ0n) is 21.4. The Balaban J connectivity index is 2.33. The predicted octanol–water partition coefficient (Wildman–Crippen LogP) is 8.60. The van der Waals surface area contributed by atoms with E-state index in [4.69, 9.17) is 4.74 Å². The van der Waals surface area contributed by atoms with E-state index in [1.165, 1.54) is 57.4 Å². The van der Waals surface area contributed by atoms with Crippen LogP contribution in [0.4, 0.5) is 4.79 Å². The van der Waals surface area contributed by atoms with Crippen LogP contribution < -0.4 is 0 Å². The zero-order chi connectivity index (χ0) is 23.9. The van der Waals surface area contributed by atoms with E-state index in [1.54, 1.807) is 0 Å². The fourth-order valence-corrected chi connectivity index (χ4v) is 22.1. The summed E-state index contributed by atoms with van der Waals surface area (Å²) in [7, 11) is 0. The summed E-state index contributed by atoms with van der Waals surface area (Å²) in [5.74, 6) is 0. The van der Waals surface area contributed by atoms with Gasteiger partial charge in [-0.05, 0) is 0 Å². The first-order valence-electron chi connectivity index (χ1n) is 13.1. The molecule has 33 heavy (non-hydrogen) atoms. The van der Waals surface area contributed by atoms with Gasteiger partial charge in [-0.25, -0.2) is 0 Å². The summed E-state index contributed by atoms with van der Waals surface area (Å²) in [6, 6.07) is 20.5. The first kappa shape index (κ1) is 27.8. The second-order valence-electron chi connectivity index (χ2n) is 9.50. The summed E-state index contributed by atoms with van der Waals surface area (Å²) in [6.45, 7) is 10.2. The summed E-state index contributed by atoms with van der Waals surface area (Å²) in [4.78, 5) is 15.7. The number of rotatable bonds is 15. The van der Waals surface area contributed by atoms with Crippen molar-refractivity contribution in [2.24, 2.45) is 0 Å². The van der Waals surface area contributed by atoms with Crippen molar-refractivity contribution >= 4 is 24.5 Å². The van der Waals surface area contributed by atoms with Crippen LogP contribution in [0.2, 0.25) is 13.3 Å². The molecule has 1 unspecified atom stereocenters. The van der Waals surface area contributed by atoms with Crippen molar-refractivity contribution in [3.63, 3.8) is 0 Å². The van der Waals surface area contributed by atoms with Gasteiger partial charge in [-0.15, -0.1) is 0 Å². The quantitative estimate of drug-likeness (QED) is 0.205. The monoisotopic (exact) mass is 559 g/mol. The van der Waals surface area contributed by atoms with Crippen LogP contribution in [0.15, 0.2) is 60.7 Å². The number of hydrogen-bond acceptors (Lipinski definition) is 2. The molecule has 2 aromatic carbocycles. The van der Waals surface area contributed by atoms with Crippen molar-refractivity contribution < 1.29 is 9.53 Å². The Morgan fingerprint density at radius 2 is 1.24 bits per heavy atom. The maximum atomic E-state index is 13.6. The Kier molecular flexibility index (Phi) is 13.0. The van der Waals surface area contributed by atoms with Crippen molar-refractivity contribution in [3.05, 3.63) is 71.8 Å². The van der Waals surface area contributed by atoms with Gasteiger partial charge in [0, 0.05) is 0 Å². The van der Waals surface area contributed by atoms with Gasteiger partial charge < -0.3 is 0 Å². The summed E-state index contributed by atoms with van der Waals surface area (Å²) < 4.78 is 10.4. The molecule has 182 valence electrons. The van der Waals surface area contributed by atoms with Crippen molar-refractivity contribution in [1.29, 1.82) is 0 Å². The molecule has 0 spiro atoms. The molecular weight excluding hydrogens is 513 g/mol. The van der Waals surface area contributed by atoms with Crippen molar-refractivity contribution in [3.8, 4) is 0 Å². The third kappa shape index (κ3) is 8.99. The van der Waals surface area contributed by atoms with Gasteiger partial charge in [0.25, 0.3) is 0 Å². The molecular formula is C29H45NO2Sn. The molecule has 4 heteroatoms. The summed E-state index contributed by atoms with van der Waals surface area (Å²) in [5, 5.41) is 0. The van der Waals surface area contributed by atoms with Crippen LogP contribution in [0.3, 0.4) is 0 Å². The first-order valence-corrected chi connectivity index (χ1v) is 20.8. The molecule has 3 nitrogen and oxygen atoms in total. The van der Waals surface area contributed by atoms with E-state index in [-0.39, 0.29) is 6.09 Å². The number of carbonyl (C=O) groups is 1. The zero-order valence-corrected chi connectivity index (χ0v) is 24.2. The maximum absolute atomic E-state index is 13.6. The van der Waals surface area contributed by atoms with Crippen molar-refractivity contribution in [1.82, 2.24) is 4.90 Å². The van der Waals surface area contributed by atoms with Crippen LogP contribution >= 0.6 is 0 Å². The molecule has 0 aromatic heterocycles. The molecule has 0 N–H and O–H groups in total. The van der Waals surface area contributed by atoms with Gasteiger partial charge >= 0.3 is 207 Å². The Hall–Kier alpha value is -1.49. The third-order valence-electron chi connectivity index (χ3n) is 7.07. The fourth-order valence-electron chi connectivity index (χ4n) is 4.86. The Morgan fingerprint density at radius 1 is 0.788 bits per heavy atom. The minimum atomic E-state index is -2.67. The molecule has 0 saturated heterocycles. The average Bonchev–Trinajstić information content (AvgIpc) is 2.86. The topological polar surface area (TPSA) is 29.5 Å². The van der Waals surface area contributed by atoms with Crippen LogP contribution in [-0.2, 0) is 17.9 Å². The van der Waals surface area contributed by atoms with E-state index in [0.29, 0.717) is 17.2 Å². The molecule has 2 rings (SSSR count). The van der Waals surface area contributed by atoms with Gasteiger partial charge in [0.05, 0.1) is 0 Å². The summed E-state index contributed by atoms with van der Waals surface area (Å²) in [6.07, 6.45) is 7.45. The van der Waals surface area contributed by atoms with Crippen molar-refractivity contribution in [2.75, 3.05) is 0 Å². The number of ether oxygens (including phenoxy) is 1. The predicted molar refractivity (Wildman–Crippen MR) is 143 cm³/mol. The van der Waals surface area contributed by atoms with Gasteiger partial charge in [0.2, 0.25) is 0 Å². The number of unbranched alkanes of at least 4 members (excludes halogenated alkanes) is 3. The van der Waals surface area contributed by atoms with Gasteiger partial charge in [-0.2, -0.15) is 0 Å². The van der Waals surface area contributed by atoms with E-state index in [9.17, 15) is 4.79 Å². The third-order valence-corrected chi connectivity index (χ3v) is 24.6. The van der Waals surface area contributed by atoms with Crippen LogP contribution in [0, 0.1) is 0 Å². The van der Waals surface area contributed by atoms with Crippen LogP contribution in [0.1, 0.15) is 77.3 Å². The molecule has 0 saturated carbocycles.